The highest BCUT2D eigenvalue weighted by Gasteiger charge is 2.54. The van der Waals surface area contributed by atoms with E-state index in [4.69, 9.17) is 4.43 Å². The van der Waals surface area contributed by atoms with Crippen LogP contribution in [0.15, 0.2) is 60.7 Å². The van der Waals surface area contributed by atoms with Gasteiger partial charge in [0.05, 0.1) is 12.0 Å². The third-order valence-electron chi connectivity index (χ3n) is 5.95. The molecule has 0 heterocycles. The first-order valence-electron chi connectivity index (χ1n) is 9.79. The van der Waals surface area contributed by atoms with Crippen molar-refractivity contribution in [3.05, 3.63) is 60.7 Å². The van der Waals surface area contributed by atoms with E-state index < -0.39 is 20.2 Å². The van der Waals surface area contributed by atoms with Crippen molar-refractivity contribution < 1.29 is 14.3 Å². The number of hydrogen-bond donors (Lipinski definition) is 1. The van der Waals surface area contributed by atoms with Gasteiger partial charge in [-0.05, 0) is 34.2 Å². The van der Waals surface area contributed by atoms with Gasteiger partial charge in [0.1, 0.15) is 0 Å². The van der Waals surface area contributed by atoms with E-state index in [2.05, 4.69) is 69.3 Å². The molecule has 3 nitrogen and oxygen atoms in total. The largest absolute Gasteiger partial charge is 0.481 e. The summed E-state index contributed by atoms with van der Waals surface area (Å²) < 4.78 is 7.04. The minimum Gasteiger partial charge on any atom is -0.481 e. The molecule has 0 bridgehead atoms. The van der Waals surface area contributed by atoms with E-state index in [0.717, 1.165) is 12.8 Å². The van der Waals surface area contributed by atoms with Crippen LogP contribution in [-0.4, -0.2) is 25.5 Å². The smallest absolute Gasteiger partial charge is 0.309 e. The van der Waals surface area contributed by atoms with Crippen LogP contribution in [0.2, 0.25) is 5.04 Å². The van der Waals surface area contributed by atoms with E-state index in [0.29, 0.717) is 0 Å². The second kappa shape index (κ2) is 7.61. The molecular weight excluding hydrogens is 352 g/mol. The van der Waals surface area contributed by atoms with Crippen LogP contribution >= 0.6 is 0 Å². The molecule has 0 amide bonds. The minimum atomic E-state index is -2.69. The van der Waals surface area contributed by atoms with Crippen LogP contribution in [-0.2, 0) is 9.22 Å². The first kappa shape index (κ1) is 19.8. The molecule has 144 valence electrons. The minimum absolute atomic E-state index is 0.134. The Bertz CT molecular complexity index is 728. The Morgan fingerprint density at radius 2 is 1.44 bits per heavy atom. The predicted octanol–water partition coefficient (Wildman–Crippen LogP) is 4.06. The van der Waals surface area contributed by atoms with Gasteiger partial charge in [0.2, 0.25) is 0 Å². The third-order valence-corrected chi connectivity index (χ3v) is 11.0. The lowest BCUT2D eigenvalue weighted by molar-refractivity contribution is -0.145. The normalized spacial score (nSPS) is 23.3. The summed E-state index contributed by atoms with van der Waals surface area (Å²) >= 11 is 0. The number of rotatable bonds is 5. The fourth-order valence-electron chi connectivity index (χ4n) is 4.61. The summed E-state index contributed by atoms with van der Waals surface area (Å²) in [7, 11) is -2.69. The van der Waals surface area contributed by atoms with Gasteiger partial charge in [0.25, 0.3) is 8.32 Å². The lowest BCUT2D eigenvalue weighted by atomic mass is 9.97. The zero-order chi connectivity index (χ0) is 19.7. The van der Waals surface area contributed by atoms with Gasteiger partial charge in [0, 0.05) is 0 Å². The monoisotopic (exact) mass is 382 g/mol. The molecule has 3 atom stereocenters. The molecule has 0 radical (unpaired) electrons. The van der Waals surface area contributed by atoms with E-state index in [1.165, 1.54) is 10.4 Å². The number of carboxylic acids is 1. The van der Waals surface area contributed by atoms with Crippen LogP contribution < -0.4 is 10.4 Å². The maximum absolute atomic E-state index is 12.0. The Morgan fingerprint density at radius 1 is 0.963 bits per heavy atom. The fourth-order valence-corrected chi connectivity index (χ4v) is 9.34. The second-order valence-electron chi connectivity index (χ2n) is 8.74. The first-order valence-corrected chi connectivity index (χ1v) is 11.7. The quantitative estimate of drug-likeness (QED) is 0.793. The number of aliphatic carboxylic acids is 1. The Hall–Kier alpha value is -1.91. The average Bonchev–Trinajstić information content (AvgIpc) is 3.00. The van der Waals surface area contributed by atoms with Crippen molar-refractivity contribution in [1.82, 2.24) is 0 Å². The molecule has 1 N–H and O–H groups in total. The van der Waals surface area contributed by atoms with Gasteiger partial charge in [-0.1, -0.05) is 88.4 Å². The van der Waals surface area contributed by atoms with Crippen LogP contribution in [0.4, 0.5) is 0 Å². The van der Waals surface area contributed by atoms with Crippen molar-refractivity contribution >= 4 is 24.7 Å². The molecule has 0 aliphatic heterocycles. The predicted molar refractivity (Wildman–Crippen MR) is 112 cm³/mol. The van der Waals surface area contributed by atoms with Gasteiger partial charge in [-0.3, -0.25) is 4.79 Å². The summed E-state index contributed by atoms with van der Waals surface area (Å²) in [5, 5.41) is 12.1. The summed E-state index contributed by atoms with van der Waals surface area (Å²) in [6, 6.07) is 20.9. The molecule has 2 aromatic rings. The molecule has 0 spiro atoms. The highest BCUT2D eigenvalue weighted by atomic mass is 28.4. The summed E-state index contributed by atoms with van der Waals surface area (Å²) in [6.45, 7) is 8.72. The Labute approximate surface area is 163 Å². The molecule has 3 rings (SSSR count). The molecule has 27 heavy (non-hydrogen) atoms. The molecule has 0 saturated heterocycles. The van der Waals surface area contributed by atoms with Crippen molar-refractivity contribution in [2.24, 2.45) is 11.8 Å². The highest BCUT2D eigenvalue weighted by Crippen LogP contribution is 2.42. The SMILES string of the molecule is CC1CC[C@@H](O[Si](c2ccccc2)(c2ccccc2)C(C)(C)C)C1C(=O)O. The van der Waals surface area contributed by atoms with E-state index >= 15 is 0 Å². The van der Waals surface area contributed by atoms with E-state index in [-0.39, 0.29) is 17.1 Å². The summed E-state index contributed by atoms with van der Waals surface area (Å²) in [5.41, 5.74) is 0. The van der Waals surface area contributed by atoms with Gasteiger partial charge in [-0.2, -0.15) is 0 Å². The molecule has 2 unspecified atom stereocenters. The van der Waals surface area contributed by atoms with Crippen molar-refractivity contribution in [1.29, 1.82) is 0 Å². The number of carboxylic acid groups (broad SMARTS) is 1. The zero-order valence-corrected chi connectivity index (χ0v) is 17.7. The Morgan fingerprint density at radius 3 is 1.85 bits per heavy atom. The standard InChI is InChI=1S/C23H30O3Si/c1-17-15-16-20(21(17)22(24)25)26-27(23(2,3)4,18-11-7-5-8-12-18)19-13-9-6-10-14-19/h5-14,17,20-21H,15-16H2,1-4H3,(H,24,25)/t17?,20-,21?/m1/s1. The van der Waals surface area contributed by atoms with Crippen LogP contribution in [0.1, 0.15) is 40.5 Å². The average molecular weight is 383 g/mol. The van der Waals surface area contributed by atoms with Crippen LogP contribution in [0.3, 0.4) is 0 Å². The van der Waals surface area contributed by atoms with Crippen molar-refractivity contribution in [3.63, 3.8) is 0 Å². The molecule has 4 heteroatoms. The zero-order valence-electron chi connectivity index (χ0n) is 16.7. The molecular formula is C23H30O3Si. The molecule has 1 saturated carbocycles. The van der Waals surface area contributed by atoms with Crippen molar-refractivity contribution in [2.75, 3.05) is 0 Å². The van der Waals surface area contributed by atoms with Gasteiger partial charge in [0.15, 0.2) is 0 Å². The van der Waals surface area contributed by atoms with Crippen LogP contribution in [0.5, 0.6) is 0 Å². The van der Waals surface area contributed by atoms with Gasteiger partial charge >= 0.3 is 5.97 Å². The summed E-state index contributed by atoms with van der Waals surface area (Å²) in [4.78, 5) is 12.0. The lowest BCUT2D eigenvalue weighted by Crippen LogP contribution is -2.68. The van der Waals surface area contributed by atoms with E-state index in [9.17, 15) is 9.90 Å². The maximum Gasteiger partial charge on any atom is 0.309 e. The molecule has 2 aromatic carbocycles. The fraction of sp³-hybridized carbons (Fsp3) is 0.435. The van der Waals surface area contributed by atoms with Gasteiger partial charge in [-0.25, -0.2) is 0 Å². The first-order chi connectivity index (χ1) is 12.8. The van der Waals surface area contributed by atoms with Gasteiger partial charge in [-0.15, -0.1) is 0 Å². The summed E-state index contributed by atoms with van der Waals surface area (Å²) in [5.74, 6) is -1.03. The van der Waals surface area contributed by atoms with Crippen molar-refractivity contribution in [3.8, 4) is 0 Å². The Kier molecular flexibility index (Phi) is 5.59. The highest BCUT2D eigenvalue weighted by molar-refractivity contribution is 6.99. The number of carbonyl (C=O) groups is 1. The number of hydrogen-bond acceptors (Lipinski definition) is 2. The van der Waals surface area contributed by atoms with Crippen LogP contribution in [0.25, 0.3) is 0 Å². The molecule has 0 aromatic heterocycles. The molecule has 1 aliphatic rings. The molecule has 1 aliphatic carbocycles. The van der Waals surface area contributed by atoms with Crippen LogP contribution in [0, 0.1) is 11.8 Å². The second-order valence-corrected chi connectivity index (χ2v) is 13.0. The van der Waals surface area contributed by atoms with E-state index in [1.807, 2.05) is 19.1 Å². The molecule has 1 fully saturated rings. The lowest BCUT2D eigenvalue weighted by Gasteiger charge is -2.45. The Balaban J connectivity index is 2.17. The topological polar surface area (TPSA) is 46.5 Å². The van der Waals surface area contributed by atoms with Crippen molar-refractivity contribution in [2.45, 2.75) is 51.7 Å². The maximum atomic E-state index is 12.0. The van der Waals surface area contributed by atoms with Gasteiger partial charge < -0.3 is 9.53 Å². The summed E-state index contributed by atoms with van der Waals surface area (Å²) in [6.07, 6.45) is 1.46. The third kappa shape index (κ3) is 3.61. The number of benzene rings is 2. The van der Waals surface area contributed by atoms with E-state index in [1.54, 1.807) is 0 Å².